The van der Waals surface area contributed by atoms with E-state index in [0.29, 0.717) is 5.56 Å². The predicted octanol–water partition coefficient (Wildman–Crippen LogP) is 2.97. The molecule has 0 radical (unpaired) electrons. The Labute approximate surface area is 156 Å². The number of rotatable bonds is 6. The van der Waals surface area contributed by atoms with Crippen LogP contribution in [-0.4, -0.2) is 31.0 Å². The summed E-state index contributed by atoms with van der Waals surface area (Å²) in [6.07, 6.45) is 0. The molecule has 0 saturated heterocycles. The molecule has 0 aliphatic heterocycles. The number of halogens is 1. The highest BCUT2D eigenvalue weighted by Crippen LogP contribution is 2.16. The maximum atomic E-state index is 13.8. The minimum Gasteiger partial charge on any atom is -0.465 e. The minimum absolute atomic E-state index is 0.154. The summed E-state index contributed by atoms with van der Waals surface area (Å²) in [6, 6.07) is 10.3. The van der Waals surface area contributed by atoms with Gasteiger partial charge < -0.3 is 14.8 Å². The first-order chi connectivity index (χ1) is 12.8. The van der Waals surface area contributed by atoms with Gasteiger partial charge >= 0.3 is 11.9 Å². The number of hydrogen-bond donors (Lipinski definition) is 1. The highest BCUT2D eigenvalue weighted by atomic mass is 19.1. The van der Waals surface area contributed by atoms with Crippen molar-refractivity contribution in [2.45, 2.75) is 19.9 Å². The molecule has 2 aromatic carbocycles. The Morgan fingerprint density at radius 2 is 1.63 bits per heavy atom. The van der Waals surface area contributed by atoms with Gasteiger partial charge in [-0.2, -0.15) is 0 Å². The van der Waals surface area contributed by atoms with Crippen LogP contribution in [-0.2, 0) is 9.53 Å². The van der Waals surface area contributed by atoms with Crippen LogP contribution < -0.4 is 10.1 Å². The Kier molecular flexibility index (Phi) is 6.65. The normalized spacial score (nSPS) is 11.6. The number of methoxy groups -OCH3 is 1. The van der Waals surface area contributed by atoms with Gasteiger partial charge in [-0.25, -0.2) is 14.0 Å². The fraction of sp³-hybridized carbons (Fsp3) is 0.250. The molecule has 0 aliphatic carbocycles. The molecule has 0 heterocycles. The van der Waals surface area contributed by atoms with Crippen molar-refractivity contribution in [1.29, 1.82) is 0 Å². The molecule has 7 heteroatoms. The maximum Gasteiger partial charge on any atom is 0.337 e. The molecule has 0 saturated carbocycles. The van der Waals surface area contributed by atoms with Crippen molar-refractivity contribution in [2.24, 2.45) is 5.92 Å². The van der Waals surface area contributed by atoms with Crippen molar-refractivity contribution >= 4 is 17.8 Å². The number of amides is 1. The van der Waals surface area contributed by atoms with Gasteiger partial charge in [-0.15, -0.1) is 0 Å². The lowest BCUT2D eigenvalue weighted by molar-refractivity contribution is -0.137. The Morgan fingerprint density at radius 1 is 1.00 bits per heavy atom. The number of esters is 2. The second-order valence-electron chi connectivity index (χ2n) is 6.11. The third-order valence-electron chi connectivity index (χ3n) is 3.82. The standard InChI is InChI=1S/C20H20FNO5/c1-12(2)17(22-18(23)15-6-4-5-7-16(15)21)20(25)27-14-10-8-13(9-11-14)19(24)26-3/h4-12,17H,1-3H3,(H,22,23)/t17-/m0/s1. The van der Waals surface area contributed by atoms with Gasteiger partial charge in [0.25, 0.3) is 5.91 Å². The quantitative estimate of drug-likeness (QED) is 0.622. The van der Waals surface area contributed by atoms with Crippen molar-refractivity contribution in [3.8, 4) is 5.75 Å². The summed E-state index contributed by atoms with van der Waals surface area (Å²) in [5, 5.41) is 2.50. The van der Waals surface area contributed by atoms with Gasteiger partial charge in [0.15, 0.2) is 0 Å². The smallest absolute Gasteiger partial charge is 0.337 e. The van der Waals surface area contributed by atoms with E-state index in [2.05, 4.69) is 10.1 Å². The summed E-state index contributed by atoms with van der Waals surface area (Å²) in [5.41, 5.74) is 0.156. The van der Waals surface area contributed by atoms with E-state index in [1.165, 1.54) is 55.6 Å². The fourth-order valence-corrected chi connectivity index (χ4v) is 2.32. The van der Waals surface area contributed by atoms with Crippen molar-refractivity contribution in [3.05, 3.63) is 65.5 Å². The molecule has 142 valence electrons. The monoisotopic (exact) mass is 373 g/mol. The first-order valence-electron chi connectivity index (χ1n) is 8.29. The molecule has 0 bridgehead atoms. The Morgan fingerprint density at radius 3 is 2.19 bits per heavy atom. The molecule has 0 spiro atoms. The van der Waals surface area contributed by atoms with Crippen LogP contribution in [0.4, 0.5) is 4.39 Å². The molecule has 1 amide bonds. The average molecular weight is 373 g/mol. The Hall–Kier alpha value is -3.22. The fourth-order valence-electron chi connectivity index (χ4n) is 2.32. The second kappa shape index (κ2) is 8.93. The summed E-state index contributed by atoms with van der Waals surface area (Å²) < 4.78 is 23.6. The van der Waals surface area contributed by atoms with E-state index in [0.717, 1.165) is 0 Å². The average Bonchev–Trinajstić information content (AvgIpc) is 2.65. The molecule has 0 aromatic heterocycles. The molecular formula is C20H20FNO5. The molecule has 0 unspecified atom stereocenters. The lowest BCUT2D eigenvalue weighted by Gasteiger charge is -2.21. The lowest BCUT2D eigenvalue weighted by Crippen LogP contribution is -2.46. The number of nitrogens with one attached hydrogen (secondary N) is 1. The van der Waals surface area contributed by atoms with Gasteiger partial charge in [-0.05, 0) is 42.3 Å². The molecular weight excluding hydrogens is 353 g/mol. The molecule has 0 fully saturated rings. The van der Waals surface area contributed by atoms with Gasteiger partial charge in [-0.1, -0.05) is 26.0 Å². The lowest BCUT2D eigenvalue weighted by atomic mass is 10.0. The van der Waals surface area contributed by atoms with E-state index in [1.54, 1.807) is 13.8 Å². The van der Waals surface area contributed by atoms with Crippen LogP contribution >= 0.6 is 0 Å². The van der Waals surface area contributed by atoms with Crippen LogP contribution in [0.1, 0.15) is 34.6 Å². The first kappa shape index (κ1) is 20.1. The minimum atomic E-state index is -0.975. The highest BCUT2D eigenvalue weighted by Gasteiger charge is 2.27. The van der Waals surface area contributed by atoms with E-state index >= 15 is 0 Å². The van der Waals surface area contributed by atoms with E-state index < -0.39 is 29.7 Å². The molecule has 6 nitrogen and oxygen atoms in total. The van der Waals surface area contributed by atoms with Crippen molar-refractivity contribution in [1.82, 2.24) is 5.32 Å². The first-order valence-corrected chi connectivity index (χ1v) is 8.29. The maximum absolute atomic E-state index is 13.8. The predicted molar refractivity (Wildman–Crippen MR) is 95.9 cm³/mol. The van der Waals surface area contributed by atoms with E-state index in [4.69, 9.17) is 4.74 Å². The number of ether oxygens (including phenoxy) is 2. The zero-order valence-corrected chi connectivity index (χ0v) is 15.2. The van der Waals surface area contributed by atoms with Crippen LogP contribution in [0.5, 0.6) is 5.75 Å². The number of carbonyl (C=O) groups excluding carboxylic acids is 3. The van der Waals surface area contributed by atoms with Crippen molar-refractivity contribution in [2.75, 3.05) is 7.11 Å². The Bertz CT molecular complexity index is 833. The largest absolute Gasteiger partial charge is 0.465 e. The summed E-state index contributed by atoms with van der Waals surface area (Å²) in [5.74, 6) is -2.67. The van der Waals surface area contributed by atoms with Gasteiger partial charge in [0, 0.05) is 0 Å². The summed E-state index contributed by atoms with van der Waals surface area (Å²) in [4.78, 5) is 36.2. The molecule has 2 rings (SSSR count). The topological polar surface area (TPSA) is 81.7 Å². The number of carbonyl (C=O) groups is 3. The van der Waals surface area contributed by atoms with E-state index in [1.807, 2.05) is 0 Å². The summed E-state index contributed by atoms with van der Waals surface area (Å²) in [6.45, 7) is 3.46. The van der Waals surface area contributed by atoms with Gasteiger partial charge in [0.2, 0.25) is 0 Å². The highest BCUT2D eigenvalue weighted by molar-refractivity contribution is 5.97. The number of hydrogen-bond acceptors (Lipinski definition) is 5. The summed E-state index contributed by atoms with van der Waals surface area (Å²) in [7, 11) is 1.27. The van der Waals surface area contributed by atoms with Gasteiger partial charge in [0.05, 0.1) is 18.2 Å². The SMILES string of the molecule is COC(=O)c1ccc(OC(=O)[C@@H](NC(=O)c2ccccc2F)C(C)C)cc1. The summed E-state index contributed by atoms with van der Waals surface area (Å²) >= 11 is 0. The molecule has 1 atom stereocenters. The molecule has 2 aromatic rings. The zero-order valence-electron chi connectivity index (χ0n) is 15.2. The van der Waals surface area contributed by atoms with Crippen LogP contribution in [0.3, 0.4) is 0 Å². The van der Waals surface area contributed by atoms with Crippen molar-refractivity contribution < 1.29 is 28.2 Å². The third-order valence-corrected chi connectivity index (χ3v) is 3.82. The third kappa shape index (κ3) is 5.13. The van der Waals surface area contributed by atoms with Gasteiger partial charge in [0.1, 0.15) is 17.6 Å². The molecule has 27 heavy (non-hydrogen) atoms. The Balaban J connectivity index is 2.10. The second-order valence-corrected chi connectivity index (χ2v) is 6.11. The van der Waals surface area contributed by atoms with Crippen LogP contribution in [0.15, 0.2) is 48.5 Å². The zero-order chi connectivity index (χ0) is 20.0. The number of benzene rings is 2. The van der Waals surface area contributed by atoms with Crippen LogP contribution in [0.25, 0.3) is 0 Å². The van der Waals surface area contributed by atoms with E-state index in [-0.39, 0.29) is 17.2 Å². The van der Waals surface area contributed by atoms with E-state index in [9.17, 15) is 18.8 Å². The molecule has 1 N–H and O–H groups in total. The van der Waals surface area contributed by atoms with Crippen molar-refractivity contribution in [3.63, 3.8) is 0 Å². The van der Waals surface area contributed by atoms with Crippen LogP contribution in [0.2, 0.25) is 0 Å². The van der Waals surface area contributed by atoms with Crippen LogP contribution in [0, 0.1) is 11.7 Å². The van der Waals surface area contributed by atoms with Gasteiger partial charge in [-0.3, -0.25) is 4.79 Å². The molecule has 0 aliphatic rings.